The van der Waals surface area contributed by atoms with E-state index < -0.39 is 10.0 Å². The second-order valence-corrected chi connectivity index (χ2v) is 9.65. The summed E-state index contributed by atoms with van der Waals surface area (Å²) >= 11 is 1.44. The number of rotatable bonds is 4. The molecule has 0 spiro atoms. The third-order valence-electron chi connectivity index (χ3n) is 4.92. The normalized spacial score (nSPS) is 16.5. The smallest absolute Gasteiger partial charge is 0.228 e. The Hall–Kier alpha value is -2.30. The Kier molecular flexibility index (Phi) is 4.94. The predicted octanol–water partition coefficient (Wildman–Crippen LogP) is 2.81. The number of hydrogen-bond acceptors (Lipinski definition) is 5. The van der Waals surface area contributed by atoms with Crippen LogP contribution < -0.4 is 5.32 Å². The standard InChI is InChI=1S/C18H19FN4O3S2/c1-28(25,26)22-8-6-13(7-9-22)17(24)21-16-15(12-2-4-14(19)5-3-12)20-18-23(16)10-11-27-18/h2-5,10-11,13H,6-9H2,1H3,(H,21,24). The number of carbonyl (C=O) groups excluding carboxylic acids is 1. The number of nitrogens with one attached hydrogen (secondary N) is 1. The molecule has 1 fully saturated rings. The number of imidazole rings is 1. The molecule has 0 radical (unpaired) electrons. The molecule has 1 aliphatic rings. The van der Waals surface area contributed by atoms with Crippen molar-refractivity contribution in [2.24, 2.45) is 5.92 Å². The number of hydrogen-bond donors (Lipinski definition) is 1. The quantitative estimate of drug-likeness (QED) is 0.701. The van der Waals surface area contributed by atoms with E-state index in [1.54, 1.807) is 16.5 Å². The maximum atomic E-state index is 13.3. The first-order valence-corrected chi connectivity index (χ1v) is 11.5. The first kappa shape index (κ1) is 19.0. The van der Waals surface area contributed by atoms with Gasteiger partial charge in [-0.25, -0.2) is 22.1 Å². The van der Waals surface area contributed by atoms with Gasteiger partial charge >= 0.3 is 0 Å². The number of aromatic nitrogens is 2. The molecule has 0 saturated carbocycles. The molecule has 1 amide bonds. The minimum atomic E-state index is -3.23. The van der Waals surface area contributed by atoms with Gasteiger partial charge in [0.1, 0.15) is 17.3 Å². The largest absolute Gasteiger partial charge is 0.310 e. The summed E-state index contributed by atoms with van der Waals surface area (Å²) in [7, 11) is -3.23. The van der Waals surface area contributed by atoms with Gasteiger partial charge in [0.25, 0.3) is 0 Å². The molecule has 3 heterocycles. The van der Waals surface area contributed by atoms with Crippen LogP contribution in [0.4, 0.5) is 10.2 Å². The highest BCUT2D eigenvalue weighted by molar-refractivity contribution is 7.88. The molecule has 0 bridgehead atoms. The van der Waals surface area contributed by atoms with Crippen LogP contribution in [0.5, 0.6) is 0 Å². The molecule has 1 aliphatic heterocycles. The molecule has 10 heteroatoms. The van der Waals surface area contributed by atoms with Crippen LogP contribution in [-0.2, 0) is 14.8 Å². The second-order valence-electron chi connectivity index (χ2n) is 6.80. The Balaban J connectivity index is 1.58. The molecule has 1 N–H and O–H groups in total. The number of thiazole rings is 1. The number of nitrogens with zero attached hydrogens (tertiary/aromatic N) is 3. The monoisotopic (exact) mass is 422 g/mol. The van der Waals surface area contributed by atoms with Crippen molar-refractivity contribution >= 4 is 38.0 Å². The number of benzene rings is 1. The van der Waals surface area contributed by atoms with Crippen LogP contribution in [0.25, 0.3) is 16.2 Å². The molecule has 28 heavy (non-hydrogen) atoms. The van der Waals surface area contributed by atoms with E-state index in [4.69, 9.17) is 0 Å². The van der Waals surface area contributed by atoms with Crippen LogP contribution in [0.3, 0.4) is 0 Å². The second kappa shape index (κ2) is 7.26. The summed E-state index contributed by atoms with van der Waals surface area (Å²) in [4.78, 5) is 18.1. The first-order chi connectivity index (χ1) is 13.3. The molecule has 7 nitrogen and oxygen atoms in total. The molecule has 3 aromatic rings. The van der Waals surface area contributed by atoms with Gasteiger partial charge in [0.05, 0.1) is 6.26 Å². The Morgan fingerprint density at radius 2 is 1.93 bits per heavy atom. The zero-order valence-electron chi connectivity index (χ0n) is 15.1. The van der Waals surface area contributed by atoms with Gasteiger partial charge in [-0.3, -0.25) is 9.20 Å². The fraction of sp³-hybridized carbons (Fsp3) is 0.333. The fourth-order valence-electron chi connectivity index (χ4n) is 3.38. The van der Waals surface area contributed by atoms with Crippen molar-refractivity contribution in [1.82, 2.24) is 13.7 Å². The summed E-state index contributed by atoms with van der Waals surface area (Å²) in [5.41, 5.74) is 1.29. The van der Waals surface area contributed by atoms with E-state index in [-0.39, 0.29) is 17.6 Å². The topological polar surface area (TPSA) is 83.8 Å². The molecular formula is C18H19FN4O3S2. The van der Waals surface area contributed by atoms with Crippen molar-refractivity contribution in [3.05, 3.63) is 41.7 Å². The lowest BCUT2D eigenvalue weighted by atomic mass is 9.97. The van der Waals surface area contributed by atoms with Crippen molar-refractivity contribution in [2.45, 2.75) is 12.8 Å². The molecule has 148 valence electrons. The number of fused-ring (bicyclic) bond motifs is 1. The summed E-state index contributed by atoms with van der Waals surface area (Å²) in [6.07, 6.45) is 3.94. The summed E-state index contributed by atoms with van der Waals surface area (Å²) in [6.45, 7) is 0.671. The third-order valence-corrected chi connectivity index (χ3v) is 6.97. The van der Waals surface area contributed by atoms with E-state index in [9.17, 15) is 17.6 Å². The average Bonchev–Trinajstić information content (AvgIpc) is 3.24. The highest BCUT2D eigenvalue weighted by Crippen LogP contribution is 2.32. The molecule has 2 aromatic heterocycles. The lowest BCUT2D eigenvalue weighted by Crippen LogP contribution is -2.41. The van der Waals surface area contributed by atoms with Gasteiger partial charge < -0.3 is 5.32 Å². The average molecular weight is 423 g/mol. The van der Waals surface area contributed by atoms with E-state index in [2.05, 4.69) is 10.3 Å². The highest BCUT2D eigenvalue weighted by Gasteiger charge is 2.30. The maximum absolute atomic E-state index is 13.3. The number of amides is 1. The third kappa shape index (κ3) is 3.67. The predicted molar refractivity (Wildman–Crippen MR) is 106 cm³/mol. The van der Waals surface area contributed by atoms with Crippen LogP contribution in [-0.4, -0.2) is 47.4 Å². The van der Waals surface area contributed by atoms with Crippen molar-refractivity contribution in [3.8, 4) is 11.3 Å². The molecule has 1 saturated heterocycles. The lowest BCUT2D eigenvalue weighted by Gasteiger charge is -2.29. The lowest BCUT2D eigenvalue weighted by molar-refractivity contribution is -0.120. The van der Waals surface area contributed by atoms with Gasteiger partial charge in [-0.1, -0.05) is 0 Å². The Labute approximate surface area is 165 Å². The molecular weight excluding hydrogens is 403 g/mol. The first-order valence-electron chi connectivity index (χ1n) is 8.80. The van der Waals surface area contributed by atoms with Crippen molar-refractivity contribution in [2.75, 3.05) is 24.7 Å². The summed E-state index contributed by atoms with van der Waals surface area (Å²) in [5, 5.41) is 4.83. The van der Waals surface area contributed by atoms with E-state index in [0.717, 1.165) is 4.96 Å². The Morgan fingerprint density at radius 1 is 1.25 bits per heavy atom. The van der Waals surface area contributed by atoms with E-state index in [1.807, 2.05) is 11.6 Å². The fourth-order valence-corrected chi connectivity index (χ4v) is 4.97. The van der Waals surface area contributed by atoms with E-state index in [0.29, 0.717) is 43.0 Å². The Bertz CT molecular complexity index is 1110. The molecule has 4 rings (SSSR count). The van der Waals surface area contributed by atoms with Gasteiger partial charge in [0.15, 0.2) is 4.96 Å². The highest BCUT2D eigenvalue weighted by atomic mass is 32.2. The number of carbonyl (C=O) groups is 1. The molecule has 0 atom stereocenters. The minimum absolute atomic E-state index is 0.162. The number of anilines is 1. The van der Waals surface area contributed by atoms with Gasteiger partial charge in [-0.15, -0.1) is 11.3 Å². The van der Waals surface area contributed by atoms with Crippen molar-refractivity contribution in [1.29, 1.82) is 0 Å². The van der Waals surface area contributed by atoms with Crippen LogP contribution in [0.2, 0.25) is 0 Å². The number of halogens is 1. The van der Waals surface area contributed by atoms with E-state index >= 15 is 0 Å². The minimum Gasteiger partial charge on any atom is -0.310 e. The molecule has 1 aromatic carbocycles. The SMILES string of the molecule is CS(=O)(=O)N1CCC(C(=O)Nc2c(-c3ccc(F)cc3)nc3sccn23)CC1. The van der Waals surface area contributed by atoms with Gasteiger partial charge in [-0.05, 0) is 37.1 Å². The van der Waals surface area contributed by atoms with E-state index in [1.165, 1.54) is 34.0 Å². The zero-order chi connectivity index (χ0) is 19.9. The zero-order valence-corrected chi connectivity index (χ0v) is 16.8. The summed E-state index contributed by atoms with van der Waals surface area (Å²) in [6, 6.07) is 5.97. The van der Waals surface area contributed by atoms with Gasteiger partial charge in [0.2, 0.25) is 15.9 Å². The summed E-state index contributed by atoms with van der Waals surface area (Å²) < 4.78 is 39.8. The maximum Gasteiger partial charge on any atom is 0.228 e. The van der Waals surface area contributed by atoms with Crippen molar-refractivity contribution < 1.29 is 17.6 Å². The Morgan fingerprint density at radius 3 is 2.57 bits per heavy atom. The number of piperidine rings is 1. The molecule has 0 aliphatic carbocycles. The van der Waals surface area contributed by atoms with Gasteiger partial charge in [-0.2, -0.15) is 0 Å². The van der Waals surface area contributed by atoms with Crippen LogP contribution in [0.15, 0.2) is 35.8 Å². The van der Waals surface area contributed by atoms with Crippen LogP contribution in [0.1, 0.15) is 12.8 Å². The summed E-state index contributed by atoms with van der Waals surface area (Å²) in [5.74, 6) is -0.237. The van der Waals surface area contributed by atoms with Crippen molar-refractivity contribution in [3.63, 3.8) is 0 Å². The van der Waals surface area contributed by atoms with Crippen LogP contribution in [0, 0.1) is 11.7 Å². The van der Waals surface area contributed by atoms with Gasteiger partial charge in [0, 0.05) is 36.1 Å². The molecule has 0 unspecified atom stereocenters. The van der Waals surface area contributed by atoms with Crippen LogP contribution >= 0.6 is 11.3 Å². The number of sulfonamides is 1.